The van der Waals surface area contributed by atoms with Gasteiger partial charge in [0.05, 0.1) is 6.20 Å². The molecule has 0 spiro atoms. The minimum Gasteiger partial charge on any atom is -0.362 e. The van der Waals surface area contributed by atoms with Crippen molar-refractivity contribution in [2.24, 2.45) is 0 Å². The first-order chi connectivity index (χ1) is 7.20. The first kappa shape index (κ1) is 9.47. The van der Waals surface area contributed by atoms with E-state index in [1.54, 1.807) is 17.1 Å². The lowest BCUT2D eigenvalue weighted by molar-refractivity contribution is 1.06. The Kier molecular flexibility index (Phi) is 2.26. The van der Waals surface area contributed by atoms with E-state index in [2.05, 4.69) is 15.9 Å². The van der Waals surface area contributed by atoms with Gasteiger partial charge in [0.2, 0.25) is 0 Å². The molecule has 15 heavy (non-hydrogen) atoms. The molecule has 0 bridgehead atoms. The zero-order valence-corrected chi connectivity index (χ0v) is 8.73. The van der Waals surface area contributed by atoms with Crippen molar-refractivity contribution in [1.29, 1.82) is 0 Å². The van der Waals surface area contributed by atoms with Gasteiger partial charge in [-0.2, -0.15) is 0 Å². The number of hydrogen-bond acceptors (Lipinski definition) is 1. The standard InChI is InChI=1S/C12H11N3/c1-9-4-10(2)6-11(5-9)15-8-14-7-12(15)13-3/h4-8H,1-2H3. The van der Waals surface area contributed by atoms with Crippen molar-refractivity contribution < 1.29 is 0 Å². The van der Waals surface area contributed by atoms with Crippen LogP contribution in [-0.4, -0.2) is 9.55 Å². The van der Waals surface area contributed by atoms with E-state index in [9.17, 15) is 0 Å². The van der Waals surface area contributed by atoms with Crippen molar-refractivity contribution in [2.75, 3.05) is 0 Å². The Morgan fingerprint density at radius 1 is 1.20 bits per heavy atom. The van der Waals surface area contributed by atoms with E-state index in [1.165, 1.54) is 11.1 Å². The van der Waals surface area contributed by atoms with Gasteiger partial charge in [-0.15, -0.1) is 0 Å². The predicted octanol–water partition coefficient (Wildman–Crippen LogP) is 3.04. The second-order valence-corrected chi connectivity index (χ2v) is 3.58. The molecule has 0 N–H and O–H groups in total. The van der Waals surface area contributed by atoms with Gasteiger partial charge in [0.15, 0.2) is 6.33 Å². The summed E-state index contributed by atoms with van der Waals surface area (Å²) in [5, 5.41) is 0. The van der Waals surface area contributed by atoms with Crippen LogP contribution in [0.25, 0.3) is 10.5 Å². The van der Waals surface area contributed by atoms with Crippen LogP contribution in [0.3, 0.4) is 0 Å². The third kappa shape index (κ3) is 1.75. The molecule has 0 radical (unpaired) electrons. The smallest absolute Gasteiger partial charge is 0.254 e. The normalized spacial score (nSPS) is 9.93. The Morgan fingerprint density at radius 3 is 2.47 bits per heavy atom. The van der Waals surface area contributed by atoms with Crippen molar-refractivity contribution in [1.82, 2.24) is 9.55 Å². The predicted molar refractivity (Wildman–Crippen MR) is 59.3 cm³/mol. The largest absolute Gasteiger partial charge is 0.362 e. The molecule has 0 saturated carbocycles. The molecule has 0 atom stereocenters. The number of hydrogen-bond donors (Lipinski definition) is 0. The fraction of sp³-hybridized carbons (Fsp3) is 0.167. The molecule has 74 valence electrons. The summed E-state index contributed by atoms with van der Waals surface area (Å²) in [7, 11) is 0. The van der Waals surface area contributed by atoms with Crippen molar-refractivity contribution in [3.63, 3.8) is 0 Å². The number of aromatic nitrogens is 2. The molecule has 0 aliphatic heterocycles. The third-order valence-corrected chi connectivity index (χ3v) is 2.22. The molecule has 2 rings (SSSR count). The highest BCUT2D eigenvalue weighted by Gasteiger charge is 2.06. The van der Waals surface area contributed by atoms with E-state index in [0.717, 1.165) is 5.69 Å². The van der Waals surface area contributed by atoms with Gasteiger partial charge in [-0.05, 0) is 37.1 Å². The number of benzene rings is 1. The second-order valence-electron chi connectivity index (χ2n) is 3.58. The van der Waals surface area contributed by atoms with Crippen LogP contribution in [0.2, 0.25) is 0 Å². The van der Waals surface area contributed by atoms with E-state index in [4.69, 9.17) is 6.57 Å². The van der Waals surface area contributed by atoms with Crippen LogP contribution in [0.1, 0.15) is 11.1 Å². The summed E-state index contributed by atoms with van der Waals surface area (Å²) in [6, 6.07) is 6.20. The molecule has 0 aliphatic rings. The first-order valence-electron chi connectivity index (χ1n) is 4.69. The molecule has 0 saturated heterocycles. The second kappa shape index (κ2) is 3.58. The lowest BCUT2D eigenvalue weighted by Crippen LogP contribution is -1.92. The van der Waals surface area contributed by atoms with Crippen LogP contribution >= 0.6 is 0 Å². The zero-order valence-electron chi connectivity index (χ0n) is 8.73. The zero-order chi connectivity index (χ0) is 10.8. The molecular weight excluding hydrogens is 186 g/mol. The van der Waals surface area contributed by atoms with Crippen molar-refractivity contribution in [2.45, 2.75) is 13.8 Å². The van der Waals surface area contributed by atoms with Crippen LogP contribution in [0, 0.1) is 20.4 Å². The Morgan fingerprint density at radius 2 is 1.87 bits per heavy atom. The molecule has 2 aromatic rings. The van der Waals surface area contributed by atoms with Gasteiger partial charge in [0.1, 0.15) is 5.69 Å². The van der Waals surface area contributed by atoms with E-state index < -0.39 is 0 Å². The van der Waals surface area contributed by atoms with Crippen LogP contribution in [0.15, 0.2) is 30.7 Å². The van der Waals surface area contributed by atoms with Crippen molar-refractivity contribution >= 4 is 5.82 Å². The molecule has 1 aromatic heterocycles. The maximum atomic E-state index is 7.02. The molecule has 1 aromatic carbocycles. The Balaban J connectivity index is 2.60. The Labute approximate surface area is 88.8 Å². The van der Waals surface area contributed by atoms with Crippen LogP contribution < -0.4 is 0 Å². The van der Waals surface area contributed by atoms with Gasteiger partial charge in [0.25, 0.3) is 5.82 Å². The van der Waals surface area contributed by atoms with Crippen LogP contribution in [0.4, 0.5) is 5.82 Å². The monoisotopic (exact) mass is 197 g/mol. The molecule has 0 aliphatic carbocycles. The average Bonchev–Trinajstić information content (AvgIpc) is 2.63. The summed E-state index contributed by atoms with van der Waals surface area (Å²) < 4.78 is 1.80. The third-order valence-electron chi connectivity index (χ3n) is 2.22. The summed E-state index contributed by atoms with van der Waals surface area (Å²) in [6.45, 7) is 11.1. The maximum Gasteiger partial charge on any atom is 0.254 e. The van der Waals surface area contributed by atoms with Gasteiger partial charge in [-0.25, -0.2) is 9.55 Å². The lowest BCUT2D eigenvalue weighted by atomic mass is 10.1. The molecule has 0 unspecified atom stereocenters. The fourth-order valence-electron chi connectivity index (χ4n) is 1.66. The lowest BCUT2D eigenvalue weighted by Gasteiger charge is -2.03. The number of rotatable bonds is 1. The molecule has 3 heteroatoms. The Hall–Kier alpha value is -2.08. The fourth-order valence-corrected chi connectivity index (χ4v) is 1.66. The van der Waals surface area contributed by atoms with Gasteiger partial charge >= 0.3 is 0 Å². The van der Waals surface area contributed by atoms with E-state index in [1.807, 2.05) is 26.0 Å². The molecule has 0 fully saturated rings. The van der Waals surface area contributed by atoms with Crippen LogP contribution in [0.5, 0.6) is 0 Å². The van der Waals surface area contributed by atoms with Gasteiger partial charge in [-0.1, -0.05) is 12.6 Å². The van der Waals surface area contributed by atoms with Crippen molar-refractivity contribution in [3.8, 4) is 5.69 Å². The summed E-state index contributed by atoms with van der Waals surface area (Å²) in [6.07, 6.45) is 3.24. The average molecular weight is 197 g/mol. The minimum atomic E-state index is 0.542. The topological polar surface area (TPSA) is 22.2 Å². The van der Waals surface area contributed by atoms with E-state index >= 15 is 0 Å². The first-order valence-corrected chi connectivity index (χ1v) is 4.69. The molecular formula is C12H11N3. The number of imidazole rings is 1. The highest BCUT2D eigenvalue weighted by atomic mass is 15.1. The number of nitrogens with zero attached hydrogens (tertiary/aromatic N) is 3. The quantitative estimate of drug-likeness (QED) is 0.644. The molecule has 0 amide bonds. The molecule has 3 nitrogen and oxygen atoms in total. The minimum absolute atomic E-state index is 0.542. The highest BCUT2D eigenvalue weighted by Crippen LogP contribution is 2.20. The van der Waals surface area contributed by atoms with E-state index in [0.29, 0.717) is 5.82 Å². The summed E-state index contributed by atoms with van der Waals surface area (Å²) in [5.41, 5.74) is 3.38. The summed E-state index contributed by atoms with van der Waals surface area (Å²) in [4.78, 5) is 7.39. The highest BCUT2D eigenvalue weighted by molar-refractivity contribution is 5.48. The van der Waals surface area contributed by atoms with Gasteiger partial charge < -0.3 is 4.85 Å². The van der Waals surface area contributed by atoms with Gasteiger partial charge in [-0.3, -0.25) is 0 Å². The molecule has 1 heterocycles. The van der Waals surface area contributed by atoms with Crippen molar-refractivity contribution in [3.05, 3.63) is 53.3 Å². The number of aryl methyl sites for hydroxylation is 2. The summed E-state index contributed by atoms with van der Waals surface area (Å²) in [5.74, 6) is 0.542. The van der Waals surface area contributed by atoms with Crippen LogP contribution in [-0.2, 0) is 0 Å². The SMILES string of the molecule is [C-]#[N+]c1cncn1-c1cc(C)cc(C)c1. The maximum absolute atomic E-state index is 7.02. The van der Waals surface area contributed by atoms with E-state index in [-0.39, 0.29) is 0 Å². The Bertz CT molecular complexity index is 512. The van der Waals surface area contributed by atoms with Gasteiger partial charge in [0, 0.05) is 0 Å². The summed E-state index contributed by atoms with van der Waals surface area (Å²) >= 11 is 0.